The van der Waals surface area contributed by atoms with Crippen LogP contribution in [0.25, 0.3) is 11.0 Å². The fourth-order valence-electron chi connectivity index (χ4n) is 3.40. The molecule has 1 atom stereocenters. The molecular formula is C18H24BrN3O2. The molecule has 2 aromatic heterocycles. The number of likely N-dealkylation sites (N-methyl/N-ethyl adjacent to an activating group) is 1. The van der Waals surface area contributed by atoms with Crippen LogP contribution in [0.2, 0.25) is 0 Å². The van der Waals surface area contributed by atoms with Gasteiger partial charge in [0.1, 0.15) is 15.9 Å². The van der Waals surface area contributed by atoms with Crippen molar-refractivity contribution in [2.24, 2.45) is 7.05 Å². The third-order valence-corrected chi connectivity index (χ3v) is 5.06. The highest BCUT2D eigenvalue weighted by Crippen LogP contribution is 2.33. The first-order valence-electron chi connectivity index (χ1n) is 8.26. The van der Waals surface area contributed by atoms with Crippen molar-refractivity contribution in [3.05, 3.63) is 28.0 Å². The van der Waals surface area contributed by atoms with Crippen molar-refractivity contribution < 1.29 is 9.53 Å². The quantitative estimate of drug-likeness (QED) is 0.686. The molecule has 1 aliphatic carbocycles. The van der Waals surface area contributed by atoms with Gasteiger partial charge in [0.2, 0.25) is 0 Å². The summed E-state index contributed by atoms with van der Waals surface area (Å²) in [5.41, 5.74) is 3.15. The molecule has 0 aliphatic heterocycles. The molecule has 1 unspecified atom stereocenters. The molecule has 1 amide bonds. The Morgan fingerprint density at radius 2 is 2.12 bits per heavy atom. The zero-order valence-corrected chi connectivity index (χ0v) is 16.5. The van der Waals surface area contributed by atoms with E-state index >= 15 is 0 Å². The van der Waals surface area contributed by atoms with E-state index in [9.17, 15) is 4.79 Å². The van der Waals surface area contributed by atoms with E-state index in [1.165, 1.54) is 16.6 Å². The van der Waals surface area contributed by atoms with E-state index in [4.69, 9.17) is 4.74 Å². The van der Waals surface area contributed by atoms with Crippen molar-refractivity contribution in [3.63, 3.8) is 0 Å². The standard InChI is InChI=1S/C18H24BrN3O2/c1-18(2,3)24-17(23)21(4)11-6-8-14-13(10-11)12-7-9-15(19)20-16(12)22(14)5/h7,9,11H,6,8,10H2,1-5H3. The van der Waals surface area contributed by atoms with Crippen molar-refractivity contribution in [1.82, 2.24) is 14.5 Å². The van der Waals surface area contributed by atoms with Crippen LogP contribution in [-0.2, 0) is 24.6 Å². The number of hydrogen-bond donors (Lipinski definition) is 0. The highest BCUT2D eigenvalue weighted by atomic mass is 79.9. The number of aryl methyl sites for hydroxylation is 1. The van der Waals surface area contributed by atoms with Crippen molar-refractivity contribution in [2.75, 3.05) is 7.05 Å². The minimum Gasteiger partial charge on any atom is -0.444 e. The van der Waals surface area contributed by atoms with Gasteiger partial charge in [-0.25, -0.2) is 9.78 Å². The average Bonchev–Trinajstić information content (AvgIpc) is 2.77. The third kappa shape index (κ3) is 3.16. The number of halogens is 1. The Kier molecular flexibility index (Phi) is 4.36. The maximum absolute atomic E-state index is 12.4. The second-order valence-corrected chi connectivity index (χ2v) is 8.29. The molecule has 5 nitrogen and oxygen atoms in total. The number of nitrogens with zero attached hydrogens (tertiary/aromatic N) is 3. The summed E-state index contributed by atoms with van der Waals surface area (Å²) in [5, 5.41) is 1.18. The number of fused-ring (bicyclic) bond motifs is 3. The molecular weight excluding hydrogens is 370 g/mol. The van der Waals surface area contributed by atoms with Gasteiger partial charge in [-0.05, 0) is 73.7 Å². The Balaban J connectivity index is 1.88. The lowest BCUT2D eigenvalue weighted by molar-refractivity contribution is 0.0210. The number of hydrogen-bond acceptors (Lipinski definition) is 3. The number of amides is 1. The SMILES string of the molecule is CN(C(=O)OC(C)(C)C)C1CCc2c(c3ccc(Br)nc3n2C)C1. The fraction of sp³-hybridized carbons (Fsp3) is 0.556. The Labute approximate surface area is 151 Å². The Morgan fingerprint density at radius 3 is 2.79 bits per heavy atom. The molecule has 2 heterocycles. The molecule has 2 aromatic rings. The van der Waals surface area contributed by atoms with Gasteiger partial charge in [0.05, 0.1) is 0 Å². The Morgan fingerprint density at radius 1 is 1.42 bits per heavy atom. The topological polar surface area (TPSA) is 47.4 Å². The first-order chi connectivity index (χ1) is 11.2. The highest BCUT2D eigenvalue weighted by molar-refractivity contribution is 9.10. The van der Waals surface area contributed by atoms with Gasteiger partial charge in [-0.2, -0.15) is 0 Å². The predicted octanol–water partition coefficient (Wildman–Crippen LogP) is 4.06. The number of pyridine rings is 1. The maximum atomic E-state index is 12.4. The van der Waals surface area contributed by atoms with Gasteiger partial charge in [-0.15, -0.1) is 0 Å². The van der Waals surface area contributed by atoms with Gasteiger partial charge < -0.3 is 14.2 Å². The molecule has 130 valence electrons. The summed E-state index contributed by atoms with van der Waals surface area (Å²) < 4.78 is 8.53. The Hall–Kier alpha value is -1.56. The van der Waals surface area contributed by atoms with Crippen LogP contribution in [0.5, 0.6) is 0 Å². The molecule has 0 aromatic carbocycles. The second kappa shape index (κ2) is 6.06. The summed E-state index contributed by atoms with van der Waals surface area (Å²) in [7, 11) is 3.90. The van der Waals surface area contributed by atoms with E-state index < -0.39 is 5.60 Å². The van der Waals surface area contributed by atoms with Crippen molar-refractivity contribution >= 4 is 33.1 Å². The van der Waals surface area contributed by atoms with Gasteiger partial charge in [0.25, 0.3) is 0 Å². The van der Waals surface area contributed by atoms with Crippen LogP contribution in [-0.4, -0.2) is 39.2 Å². The third-order valence-electron chi connectivity index (χ3n) is 4.62. The second-order valence-electron chi connectivity index (χ2n) is 7.48. The molecule has 1 aliphatic rings. The van der Waals surface area contributed by atoms with Crippen LogP contribution >= 0.6 is 15.9 Å². The number of ether oxygens (including phenoxy) is 1. The van der Waals surface area contributed by atoms with E-state index in [0.717, 1.165) is 29.5 Å². The molecule has 24 heavy (non-hydrogen) atoms. The number of aromatic nitrogens is 2. The van der Waals surface area contributed by atoms with Gasteiger partial charge in [-0.3, -0.25) is 0 Å². The first-order valence-corrected chi connectivity index (χ1v) is 9.05. The van der Waals surface area contributed by atoms with Gasteiger partial charge in [0.15, 0.2) is 0 Å². The lowest BCUT2D eigenvalue weighted by Gasteiger charge is -2.33. The summed E-state index contributed by atoms with van der Waals surface area (Å²) in [4.78, 5) is 18.7. The van der Waals surface area contributed by atoms with Crippen LogP contribution in [0, 0.1) is 0 Å². The predicted molar refractivity (Wildman–Crippen MR) is 98.2 cm³/mol. The summed E-state index contributed by atoms with van der Waals surface area (Å²) >= 11 is 3.45. The first kappa shape index (κ1) is 17.3. The van der Waals surface area contributed by atoms with Crippen molar-refractivity contribution in [3.8, 4) is 0 Å². The minimum absolute atomic E-state index is 0.154. The highest BCUT2D eigenvalue weighted by Gasteiger charge is 2.31. The molecule has 0 radical (unpaired) electrons. The summed E-state index contributed by atoms with van der Waals surface area (Å²) in [6, 6.07) is 4.24. The monoisotopic (exact) mass is 393 g/mol. The molecule has 3 rings (SSSR count). The lowest BCUT2D eigenvalue weighted by Crippen LogP contribution is -2.43. The number of carbonyl (C=O) groups excluding carboxylic acids is 1. The van der Waals surface area contributed by atoms with Crippen molar-refractivity contribution in [2.45, 2.75) is 51.7 Å². The van der Waals surface area contributed by atoms with Gasteiger partial charge in [0, 0.05) is 31.2 Å². The number of carbonyl (C=O) groups is 1. The van der Waals surface area contributed by atoms with E-state index in [0.29, 0.717) is 0 Å². The number of rotatable bonds is 1. The zero-order valence-electron chi connectivity index (χ0n) is 14.9. The van der Waals surface area contributed by atoms with Gasteiger partial charge >= 0.3 is 6.09 Å². The molecule has 0 saturated carbocycles. The summed E-state index contributed by atoms with van der Waals surface area (Å²) in [6.45, 7) is 5.68. The van der Waals surface area contributed by atoms with E-state index in [1.54, 1.807) is 4.90 Å². The fourth-order valence-corrected chi connectivity index (χ4v) is 3.70. The largest absolute Gasteiger partial charge is 0.444 e. The smallest absolute Gasteiger partial charge is 0.410 e. The molecule has 0 fully saturated rings. The molecule has 0 bridgehead atoms. The molecule has 0 spiro atoms. The molecule has 6 heteroatoms. The maximum Gasteiger partial charge on any atom is 0.410 e. The van der Waals surface area contributed by atoms with Crippen LogP contribution in [0.1, 0.15) is 38.4 Å². The van der Waals surface area contributed by atoms with Crippen LogP contribution in [0.4, 0.5) is 4.79 Å². The van der Waals surface area contributed by atoms with E-state index in [-0.39, 0.29) is 12.1 Å². The summed E-state index contributed by atoms with van der Waals surface area (Å²) in [5.74, 6) is 0. The minimum atomic E-state index is -0.471. The van der Waals surface area contributed by atoms with Crippen LogP contribution in [0.3, 0.4) is 0 Å². The van der Waals surface area contributed by atoms with Crippen LogP contribution < -0.4 is 0 Å². The van der Waals surface area contributed by atoms with Gasteiger partial charge in [-0.1, -0.05) is 0 Å². The Bertz CT molecular complexity index is 792. The average molecular weight is 394 g/mol. The van der Waals surface area contributed by atoms with Crippen molar-refractivity contribution in [1.29, 1.82) is 0 Å². The normalized spacial score (nSPS) is 17.7. The van der Waals surface area contributed by atoms with Crippen LogP contribution in [0.15, 0.2) is 16.7 Å². The van der Waals surface area contributed by atoms with E-state index in [2.05, 4.69) is 38.6 Å². The van der Waals surface area contributed by atoms with E-state index in [1.807, 2.05) is 33.9 Å². The lowest BCUT2D eigenvalue weighted by atomic mass is 9.91. The zero-order chi connectivity index (χ0) is 17.6. The summed E-state index contributed by atoms with van der Waals surface area (Å²) in [6.07, 6.45) is 2.47. The molecule has 0 N–H and O–H groups in total. The molecule has 0 saturated heterocycles.